The second-order valence-electron chi connectivity index (χ2n) is 6.68. The molecule has 0 amide bonds. The summed E-state index contributed by atoms with van der Waals surface area (Å²) in [6, 6.07) is 16.0. The third kappa shape index (κ3) is 3.40. The van der Waals surface area contributed by atoms with Crippen molar-refractivity contribution in [1.29, 1.82) is 0 Å². The molecule has 0 unspecified atom stereocenters. The maximum absolute atomic E-state index is 12.4. The van der Waals surface area contributed by atoms with Crippen molar-refractivity contribution in [3.8, 4) is 0 Å². The van der Waals surface area contributed by atoms with E-state index in [-0.39, 0.29) is 5.57 Å². The van der Waals surface area contributed by atoms with Crippen molar-refractivity contribution in [3.05, 3.63) is 82.9 Å². The molecule has 2 aromatic carbocycles. The number of carbonyl (C=O) groups excluding carboxylic acids is 2. The van der Waals surface area contributed by atoms with Crippen LogP contribution in [0.1, 0.15) is 36.1 Å². The van der Waals surface area contributed by atoms with Crippen LogP contribution in [-0.2, 0) is 37.5 Å². The molecule has 134 valence electrons. The Morgan fingerprint density at radius 2 is 1.50 bits per heavy atom. The molecule has 0 saturated carbocycles. The van der Waals surface area contributed by atoms with E-state index in [1.54, 1.807) is 0 Å². The summed E-state index contributed by atoms with van der Waals surface area (Å²) in [6.45, 7) is 6.50. The standard InChI is InChI=1S/C22H22O4/c1-15(2)21(24)25-14-20(23)26-22(3)18-10-6-4-8-16(18)12-13-17-9-5-7-11-19(17)22/h4-11H,1,12-14H2,2-3H3. The molecule has 2 aromatic rings. The van der Waals surface area contributed by atoms with Gasteiger partial charge in [-0.05, 0) is 37.8 Å². The molecule has 0 aliphatic heterocycles. The molecule has 4 heteroatoms. The Balaban J connectivity index is 1.95. The number of carbonyl (C=O) groups is 2. The molecule has 0 bridgehead atoms. The largest absolute Gasteiger partial charge is 0.450 e. The smallest absolute Gasteiger partial charge is 0.345 e. The maximum Gasteiger partial charge on any atom is 0.345 e. The fraction of sp³-hybridized carbons (Fsp3) is 0.273. The summed E-state index contributed by atoms with van der Waals surface area (Å²) in [7, 11) is 0. The number of benzene rings is 2. The zero-order valence-corrected chi connectivity index (χ0v) is 15.1. The molecule has 0 saturated heterocycles. The highest BCUT2D eigenvalue weighted by molar-refractivity contribution is 5.88. The molecule has 1 aliphatic carbocycles. The van der Waals surface area contributed by atoms with Gasteiger partial charge in [-0.2, -0.15) is 0 Å². The second-order valence-corrected chi connectivity index (χ2v) is 6.68. The number of rotatable bonds is 4. The zero-order chi connectivity index (χ0) is 18.7. The van der Waals surface area contributed by atoms with Crippen LogP contribution in [-0.4, -0.2) is 18.5 Å². The van der Waals surface area contributed by atoms with Gasteiger partial charge in [-0.25, -0.2) is 9.59 Å². The van der Waals surface area contributed by atoms with E-state index in [0.29, 0.717) is 0 Å². The minimum Gasteiger partial charge on any atom is -0.450 e. The van der Waals surface area contributed by atoms with Crippen molar-refractivity contribution < 1.29 is 19.1 Å². The molecular weight excluding hydrogens is 328 g/mol. The Hall–Kier alpha value is -2.88. The van der Waals surface area contributed by atoms with E-state index in [4.69, 9.17) is 9.47 Å². The highest BCUT2D eigenvalue weighted by Gasteiger charge is 2.38. The highest BCUT2D eigenvalue weighted by atomic mass is 16.6. The van der Waals surface area contributed by atoms with Gasteiger partial charge < -0.3 is 9.47 Å². The van der Waals surface area contributed by atoms with Crippen LogP contribution in [0.3, 0.4) is 0 Å². The topological polar surface area (TPSA) is 52.6 Å². The zero-order valence-electron chi connectivity index (χ0n) is 15.1. The van der Waals surface area contributed by atoms with E-state index in [0.717, 1.165) is 35.1 Å². The van der Waals surface area contributed by atoms with Gasteiger partial charge in [0.05, 0.1) is 0 Å². The Morgan fingerprint density at radius 3 is 2.00 bits per heavy atom. The third-order valence-electron chi connectivity index (χ3n) is 4.71. The lowest BCUT2D eigenvalue weighted by Crippen LogP contribution is -2.33. The van der Waals surface area contributed by atoms with Crippen LogP contribution in [0.25, 0.3) is 0 Å². The van der Waals surface area contributed by atoms with Gasteiger partial charge in [0.25, 0.3) is 0 Å². The van der Waals surface area contributed by atoms with Crippen LogP contribution in [0.5, 0.6) is 0 Å². The fourth-order valence-electron chi connectivity index (χ4n) is 3.44. The van der Waals surface area contributed by atoms with Crippen molar-refractivity contribution >= 4 is 11.9 Å². The molecule has 0 heterocycles. The molecule has 0 spiro atoms. The average Bonchev–Trinajstić information content (AvgIpc) is 2.75. The Labute approximate surface area is 153 Å². The van der Waals surface area contributed by atoms with E-state index in [9.17, 15) is 9.59 Å². The summed E-state index contributed by atoms with van der Waals surface area (Å²) in [6.07, 6.45) is 1.76. The van der Waals surface area contributed by atoms with E-state index in [1.807, 2.05) is 43.3 Å². The quantitative estimate of drug-likeness (QED) is 0.623. The maximum atomic E-state index is 12.4. The van der Waals surface area contributed by atoms with Gasteiger partial charge in [0, 0.05) is 16.7 Å². The van der Waals surface area contributed by atoms with Crippen LogP contribution in [0, 0.1) is 0 Å². The minimum absolute atomic E-state index is 0.245. The first-order valence-corrected chi connectivity index (χ1v) is 8.63. The van der Waals surface area contributed by atoms with Gasteiger partial charge in [-0.3, -0.25) is 0 Å². The van der Waals surface area contributed by atoms with E-state index < -0.39 is 24.1 Å². The number of esters is 2. The summed E-state index contributed by atoms with van der Waals surface area (Å²) in [5.74, 6) is -1.19. The van der Waals surface area contributed by atoms with Crippen molar-refractivity contribution in [2.75, 3.05) is 6.61 Å². The van der Waals surface area contributed by atoms with Crippen LogP contribution in [0.4, 0.5) is 0 Å². The summed E-state index contributed by atoms with van der Waals surface area (Å²) in [5, 5.41) is 0. The van der Waals surface area contributed by atoms with Crippen LogP contribution >= 0.6 is 0 Å². The average molecular weight is 350 g/mol. The van der Waals surface area contributed by atoms with Crippen molar-refractivity contribution in [3.63, 3.8) is 0 Å². The predicted octanol–water partition coefficient (Wildman–Crippen LogP) is 3.71. The Bertz CT molecular complexity index is 818. The number of ether oxygens (including phenoxy) is 2. The summed E-state index contributed by atoms with van der Waals surface area (Å²) < 4.78 is 10.8. The number of aryl methyl sites for hydroxylation is 2. The molecular formula is C22H22O4. The SMILES string of the molecule is C=C(C)C(=O)OCC(=O)OC1(C)c2ccccc2CCc2ccccc21. The van der Waals surface area contributed by atoms with Crippen LogP contribution in [0.15, 0.2) is 60.7 Å². The van der Waals surface area contributed by atoms with Gasteiger partial charge in [-0.15, -0.1) is 0 Å². The number of hydrogen-bond donors (Lipinski definition) is 0. The van der Waals surface area contributed by atoms with Crippen LogP contribution in [0.2, 0.25) is 0 Å². The third-order valence-corrected chi connectivity index (χ3v) is 4.71. The molecule has 1 aliphatic rings. The minimum atomic E-state index is -0.934. The van der Waals surface area contributed by atoms with Crippen molar-refractivity contribution in [2.45, 2.75) is 32.3 Å². The highest BCUT2D eigenvalue weighted by Crippen LogP contribution is 2.40. The molecule has 0 N–H and O–H groups in total. The first-order valence-electron chi connectivity index (χ1n) is 8.63. The molecule has 4 nitrogen and oxygen atoms in total. The lowest BCUT2D eigenvalue weighted by Gasteiger charge is -2.32. The molecule has 0 atom stereocenters. The number of hydrogen-bond acceptors (Lipinski definition) is 4. The van der Waals surface area contributed by atoms with E-state index in [2.05, 4.69) is 18.7 Å². The molecule has 26 heavy (non-hydrogen) atoms. The van der Waals surface area contributed by atoms with Gasteiger partial charge in [0.1, 0.15) is 0 Å². The lowest BCUT2D eigenvalue weighted by atomic mass is 9.85. The van der Waals surface area contributed by atoms with Crippen LogP contribution < -0.4 is 0 Å². The monoisotopic (exact) mass is 350 g/mol. The predicted molar refractivity (Wildman–Crippen MR) is 98.6 cm³/mol. The summed E-state index contributed by atoms with van der Waals surface area (Å²) in [5.41, 5.74) is 3.54. The first kappa shape index (κ1) is 17.9. The summed E-state index contributed by atoms with van der Waals surface area (Å²) >= 11 is 0. The molecule has 0 aromatic heterocycles. The summed E-state index contributed by atoms with van der Waals surface area (Å²) in [4.78, 5) is 24.0. The normalized spacial score (nSPS) is 14.4. The second kappa shape index (κ2) is 7.16. The Kier molecular flexibility index (Phi) is 4.94. The van der Waals surface area contributed by atoms with Crippen molar-refractivity contribution in [2.24, 2.45) is 0 Å². The number of fused-ring (bicyclic) bond motifs is 2. The van der Waals surface area contributed by atoms with Gasteiger partial charge in [0.15, 0.2) is 12.2 Å². The van der Waals surface area contributed by atoms with Crippen molar-refractivity contribution in [1.82, 2.24) is 0 Å². The van der Waals surface area contributed by atoms with Gasteiger partial charge >= 0.3 is 11.9 Å². The van der Waals surface area contributed by atoms with Gasteiger partial charge in [0.2, 0.25) is 0 Å². The molecule has 3 rings (SSSR count). The molecule has 0 radical (unpaired) electrons. The first-order chi connectivity index (χ1) is 12.4. The van der Waals surface area contributed by atoms with E-state index in [1.165, 1.54) is 6.92 Å². The Morgan fingerprint density at radius 1 is 1.00 bits per heavy atom. The lowest BCUT2D eigenvalue weighted by molar-refractivity contribution is -0.165. The van der Waals surface area contributed by atoms with Gasteiger partial charge in [-0.1, -0.05) is 55.1 Å². The fourth-order valence-corrected chi connectivity index (χ4v) is 3.44. The molecule has 0 fully saturated rings. The van der Waals surface area contributed by atoms with E-state index >= 15 is 0 Å².